The van der Waals surface area contributed by atoms with Gasteiger partial charge in [-0.3, -0.25) is 23.4 Å². The lowest BCUT2D eigenvalue weighted by atomic mass is 10.1. The van der Waals surface area contributed by atoms with Gasteiger partial charge >= 0.3 is 25.7 Å². The summed E-state index contributed by atoms with van der Waals surface area (Å²) >= 11 is 0. The lowest BCUT2D eigenvalue weighted by Crippen LogP contribution is -2.34. The Balaban J connectivity index is 4.43. The van der Waals surface area contributed by atoms with Crippen molar-refractivity contribution in [2.75, 3.05) is 19.8 Å². The fourth-order valence-electron chi connectivity index (χ4n) is 5.60. The Kier molecular flexibility index (Phi) is 40.0. The molecule has 0 aromatic carbocycles. The molecule has 0 saturated carbocycles. The van der Waals surface area contributed by atoms with Gasteiger partial charge in [0.25, 0.3) is 0 Å². The van der Waals surface area contributed by atoms with E-state index in [9.17, 15) is 23.8 Å². The average molecular weight is 862 g/mol. The summed E-state index contributed by atoms with van der Waals surface area (Å²) in [6.45, 7) is 2.59. The minimum absolute atomic E-state index is 0.0776. The minimum Gasteiger partial charge on any atom is -0.480 e. The van der Waals surface area contributed by atoms with Crippen LogP contribution < -0.4 is 5.73 Å². The molecule has 0 fully saturated rings. The van der Waals surface area contributed by atoms with Crippen molar-refractivity contribution in [3.63, 3.8) is 0 Å². The van der Waals surface area contributed by atoms with E-state index in [1.165, 1.54) is 57.8 Å². The number of carboxylic acids is 1. The van der Waals surface area contributed by atoms with E-state index in [1.54, 1.807) is 0 Å². The first-order chi connectivity index (χ1) is 29.1. The largest absolute Gasteiger partial charge is 0.480 e. The maximum atomic E-state index is 12.6. The molecule has 0 aromatic heterocycles. The van der Waals surface area contributed by atoms with E-state index >= 15 is 0 Å². The Morgan fingerprint density at radius 1 is 0.533 bits per heavy atom. The summed E-state index contributed by atoms with van der Waals surface area (Å²) in [4.78, 5) is 46.0. The molecule has 0 rings (SSSR count). The summed E-state index contributed by atoms with van der Waals surface area (Å²) < 4.78 is 32.7. The predicted octanol–water partition coefficient (Wildman–Crippen LogP) is 12.3. The number of ether oxygens (including phenoxy) is 2. The Morgan fingerprint density at radius 3 is 1.45 bits per heavy atom. The molecular weight excluding hydrogens is 781 g/mol. The highest BCUT2D eigenvalue weighted by Gasteiger charge is 2.28. The third kappa shape index (κ3) is 41.4. The van der Waals surface area contributed by atoms with E-state index in [0.29, 0.717) is 19.3 Å². The number of carbonyl (C=O) groups excluding carboxylic acids is 2. The fraction of sp³-hybridized carbons (Fsp3) is 0.646. The second kappa shape index (κ2) is 42.4. The molecule has 342 valence electrons. The van der Waals surface area contributed by atoms with E-state index in [1.807, 2.05) is 12.2 Å². The van der Waals surface area contributed by atoms with Crippen LogP contribution in [0.5, 0.6) is 0 Å². The number of hydrogen-bond acceptors (Lipinski definition) is 9. The molecule has 0 radical (unpaired) electrons. The molecule has 0 aliphatic rings. The molecule has 0 saturated heterocycles. The molecule has 0 aromatic rings. The van der Waals surface area contributed by atoms with E-state index in [4.69, 9.17) is 24.8 Å². The summed E-state index contributed by atoms with van der Waals surface area (Å²) in [5, 5.41) is 8.90. The summed E-state index contributed by atoms with van der Waals surface area (Å²) in [5.41, 5.74) is 5.33. The average Bonchev–Trinajstić information content (AvgIpc) is 3.22. The minimum atomic E-state index is -4.74. The molecular formula is C48H80NO10P. The lowest BCUT2D eigenvalue weighted by molar-refractivity contribution is -0.161. The van der Waals surface area contributed by atoms with E-state index in [0.717, 1.165) is 64.2 Å². The topological polar surface area (TPSA) is 172 Å². The van der Waals surface area contributed by atoms with E-state index < -0.39 is 51.1 Å². The highest BCUT2D eigenvalue weighted by atomic mass is 31.2. The fourth-order valence-corrected chi connectivity index (χ4v) is 6.38. The van der Waals surface area contributed by atoms with Gasteiger partial charge in [-0.05, 0) is 83.5 Å². The van der Waals surface area contributed by atoms with Gasteiger partial charge < -0.3 is 25.2 Å². The first-order valence-electron chi connectivity index (χ1n) is 22.6. The Labute approximate surface area is 362 Å². The van der Waals surface area contributed by atoms with Gasteiger partial charge in [0.1, 0.15) is 12.6 Å². The summed E-state index contributed by atoms with van der Waals surface area (Å²) in [5.74, 6) is -2.47. The van der Waals surface area contributed by atoms with Crippen LogP contribution in [0, 0.1) is 0 Å². The van der Waals surface area contributed by atoms with Crippen molar-refractivity contribution < 1.29 is 47.5 Å². The van der Waals surface area contributed by atoms with Crippen LogP contribution in [-0.4, -0.2) is 59.9 Å². The lowest BCUT2D eigenvalue weighted by Gasteiger charge is -2.20. The van der Waals surface area contributed by atoms with Crippen LogP contribution in [0.15, 0.2) is 85.1 Å². The van der Waals surface area contributed by atoms with Crippen LogP contribution in [0.2, 0.25) is 0 Å². The monoisotopic (exact) mass is 862 g/mol. The first kappa shape index (κ1) is 56.7. The van der Waals surface area contributed by atoms with Gasteiger partial charge in [0.15, 0.2) is 6.10 Å². The van der Waals surface area contributed by atoms with Crippen LogP contribution in [0.3, 0.4) is 0 Å². The Morgan fingerprint density at radius 2 is 0.950 bits per heavy atom. The summed E-state index contributed by atoms with van der Waals surface area (Å²) in [6.07, 6.45) is 52.2. The highest BCUT2D eigenvalue weighted by molar-refractivity contribution is 7.47. The number of unbranched alkanes of at least 4 members (excludes halogenated alkanes) is 13. The van der Waals surface area contributed by atoms with Crippen LogP contribution >= 0.6 is 7.82 Å². The van der Waals surface area contributed by atoms with Crippen molar-refractivity contribution >= 4 is 25.7 Å². The number of hydrogen-bond donors (Lipinski definition) is 3. The van der Waals surface area contributed by atoms with Crippen molar-refractivity contribution in [3.05, 3.63) is 85.1 Å². The number of phosphoric ester groups is 1. The molecule has 4 N–H and O–H groups in total. The molecule has 0 spiro atoms. The number of nitrogens with two attached hydrogens (primary N) is 1. The van der Waals surface area contributed by atoms with Gasteiger partial charge in [0, 0.05) is 12.8 Å². The van der Waals surface area contributed by atoms with E-state index in [2.05, 4.69) is 91.3 Å². The third-order valence-corrected chi connectivity index (χ3v) is 10.1. The molecule has 11 nitrogen and oxygen atoms in total. The highest BCUT2D eigenvalue weighted by Crippen LogP contribution is 2.43. The molecule has 0 aliphatic carbocycles. The predicted molar refractivity (Wildman–Crippen MR) is 244 cm³/mol. The molecule has 0 aliphatic heterocycles. The Bertz CT molecular complexity index is 1340. The molecule has 60 heavy (non-hydrogen) atoms. The van der Waals surface area contributed by atoms with Gasteiger partial charge in [-0.2, -0.15) is 0 Å². The molecule has 0 bridgehead atoms. The van der Waals surface area contributed by atoms with Gasteiger partial charge in [-0.1, -0.05) is 157 Å². The normalized spacial score (nSPS) is 14.5. The van der Waals surface area contributed by atoms with Crippen LogP contribution in [0.25, 0.3) is 0 Å². The zero-order valence-electron chi connectivity index (χ0n) is 37.0. The number of esters is 2. The van der Waals surface area contributed by atoms with Crippen LogP contribution in [0.4, 0.5) is 0 Å². The number of allylic oxidation sites excluding steroid dienone is 14. The maximum absolute atomic E-state index is 12.6. The number of rotatable bonds is 41. The standard InChI is InChI=1S/C48H80NO10P/c1-3-5-7-9-11-13-15-17-19-21-22-24-25-27-29-31-33-35-37-39-46(50)56-41-44(42-57-60(54,55)58-43-45(49)48(52)53)59-47(51)40-38-36-34-32-30-28-26-23-20-18-16-14-12-10-8-6-4-2/h6,8,11-14,17-20,26,28,32,34,44-45H,3-5,7,9-10,15-16,21-25,27,29-31,33,35-43,49H2,1-2H3,(H,52,53)(H,54,55)/b8-6-,13-11-,14-12-,19-17-,20-18-,28-26-,34-32-/t44-,45+/m1/s1. The number of phosphoric acid groups is 1. The van der Waals surface area contributed by atoms with Crippen molar-refractivity contribution in [1.29, 1.82) is 0 Å². The van der Waals surface area contributed by atoms with Gasteiger partial charge in [0.2, 0.25) is 0 Å². The molecule has 0 heterocycles. The Hall–Kier alpha value is -3.34. The SMILES string of the molecule is CC/C=C\C/C=C\C/C=C\C/C=C\C/C=C\CCCC(=O)O[C@H](COC(=O)CCCCCCCCCCC/C=C\C/C=C\CCCCC)COP(=O)(O)OC[C@H](N)C(=O)O. The zero-order chi connectivity index (χ0) is 44.2. The van der Waals surface area contributed by atoms with Crippen molar-refractivity contribution in [1.82, 2.24) is 0 Å². The maximum Gasteiger partial charge on any atom is 0.472 e. The molecule has 0 amide bonds. The van der Waals surface area contributed by atoms with Crippen molar-refractivity contribution in [3.8, 4) is 0 Å². The van der Waals surface area contributed by atoms with Crippen LogP contribution in [0.1, 0.15) is 168 Å². The second-order valence-corrected chi connectivity index (χ2v) is 16.2. The van der Waals surface area contributed by atoms with Gasteiger partial charge in [-0.15, -0.1) is 0 Å². The number of carboxylic acid groups (broad SMARTS) is 1. The zero-order valence-corrected chi connectivity index (χ0v) is 37.9. The molecule has 1 unspecified atom stereocenters. The van der Waals surface area contributed by atoms with Gasteiger partial charge in [0.05, 0.1) is 13.2 Å². The molecule has 3 atom stereocenters. The number of carbonyl (C=O) groups is 3. The molecule has 12 heteroatoms. The first-order valence-corrected chi connectivity index (χ1v) is 24.1. The van der Waals surface area contributed by atoms with E-state index in [-0.39, 0.29) is 19.4 Å². The third-order valence-electron chi connectivity index (χ3n) is 9.13. The van der Waals surface area contributed by atoms with Gasteiger partial charge in [-0.25, -0.2) is 4.57 Å². The quantitative estimate of drug-likeness (QED) is 0.0231. The van der Waals surface area contributed by atoms with Crippen molar-refractivity contribution in [2.45, 2.75) is 180 Å². The smallest absolute Gasteiger partial charge is 0.472 e. The van der Waals surface area contributed by atoms with Crippen molar-refractivity contribution in [2.24, 2.45) is 5.73 Å². The second-order valence-electron chi connectivity index (χ2n) is 14.8. The summed E-state index contributed by atoms with van der Waals surface area (Å²) in [6, 6.07) is -1.54. The number of aliphatic carboxylic acids is 1. The summed E-state index contributed by atoms with van der Waals surface area (Å²) in [7, 11) is -4.74. The van der Waals surface area contributed by atoms with Crippen LogP contribution in [-0.2, 0) is 37.5 Å².